The SMILES string of the molecule is CC(=O)NCC(=O)N1CCc2ccc(C(N)=O)cc21. The Balaban J connectivity index is 2.20. The molecule has 6 heteroatoms. The summed E-state index contributed by atoms with van der Waals surface area (Å²) in [5.41, 5.74) is 7.30. The maximum atomic E-state index is 12.0. The molecule has 0 saturated heterocycles. The first-order valence-electron chi connectivity index (χ1n) is 5.96. The maximum absolute atomic E-state index is 12.0. The van der Waals surface area contributed by atoms with Gasteiger partial charge >= 0.3 is 0 Å². The average Bonchev–Trinajstić information content (AvgIpc) is 2.78. The molecule has 1 aromatic carbocycles. The normalized spacial score (nSPS) is 13.0. The number of carbonyl (C=O) groups is 3. The van der Waals surface area contributed by atoms with Crippen LogP contribution < -0.4 is 16.0 Å². The monoisotopic (exact) mass is 261 g/mol. The highest BCUT2D eigenvalue weighted by Gasteiger charge is 2.25. The number of fused-ring (bicyclic) bond motifs is 1. The molecule has 0 bridgehead atoms. The van der Waals surface area contributed by atoms with E-state index in [1.807, 2.05) is 0 Å². The fraction of sp³-hybridized carbons (Fsp3) is 0.308. The van der Waals surface area contributed by atoms with Crippen LogP contribution in [0.4, 0.5) is 5.69 Å². The number of primary amides is 1. The van der Waals surface area contributed by atoms with E-state index in [1.54, 1.807) is 23.1 Å². The minimum Gasteiger partial charge on any atom is -0.366 e. The van der Waals surface area contributed by atoms with Crippen LogP contribution in [-0.4, -0.2) is 30.8 Å². The van der Waals surface area contributed by atoms with Crippen molar-refractivity contribution in [3.63, 3.8) is 0 Å². The average molecular weight is 261 g/mol. The van der Waals surface area contributed by atoms with Gasteiger partial charge in [0.15, 0.2) is 0 Å². The van der Waals surface area contributed by atoms with E-state index in [0.29, 0.717) is 17.8 Å². The fourth-order valence-corrected chi connectivity index (χ4v) is 2.09. The highest BCUT2D eigenvalue weighted by atomic mass is 16.2. The van der Waals surface area contributed by atoms with Crippen LogP contribution in [0.25, 0.3) is 0 Å². The van der Waals surface area contributed by atoms with Gasteiger partial charge in [-0.3, -0.25) is 14.4 Å². The quantitative estimate of drug-likeness (QED) is 0.790. The number of hydrogen-bond donors (Lipinski definition) is 2. The lowest BCUT2D eigenvalue weighted by Crippen LogP contribution is -2.38. The highest BCUT2D eigenvalue weighted by molar-refractivity contribution is 6.00. The Kier molecular flexibility index (Phi) is 3.50. The molecule has 3 amide bonds. The van der Waals surface area contributed by atoms with E-state index in [1.165, 1.54) is 6.92 Å². The molecular weight excluding hydrogens is 246 g/mol. The van der Waals surface area contributed by atoms with Crippen LogP contribution in [0, 0.1) is 0 Å². The number of benzene rings is 1. The summed E-state index contributed by atoms with van der Waals surface area (Å²) in [5.74, 6) is -0.974. The molecule has 1 aromatic rings. The Labute approximate surface area is 110 Å². The molecule has 0 saturated carbocycles. The summed E-state index contributed by atoms with van der Waals surface area (Å²) in [6.07, 6.45) is 0.736. The highest BCUT2D eigenvalue weighted by Crippen LogP contribution is 2.28. The van der Waals surface area contributed by atoms with E-state index in [4.69, 9.17) is 5.73 Å². The molecule has 6 nitrogen and oxygen atoms in total. The van der Waals surface area contributed by atoms with Gasteiger partial charge in [-0.05, 0) is 24.1 Å². The largest absolute Gasteiger partial charge is 0.366 e. The van der Waals surface area contributed by atoms with Crippen molar-refractivity contribution in [2.45, 2.75) is 13.3 Å². The molecule has 1 aliphatic heterocycles. The summed E-state index contributed by atoms with van der Waals surface area (Å²) < 4.78 is 0. The fourth-order valence-electron chi connectivity index (χ4n) is 2.09. The molecule has 0 aliphatic carbocycles. The Morgan fingerprint density at radius 1 is 1.37 bits per heavy atom. The third-order valence-electron chi connectivity index (χ3n) is 3.05. The van der Waals surface area contributed by atoms with Gasteiger partial charge < -0.3 is 16.0 Å². The number of amides is 3. The molecule has 1 aliphatic rings. The maximum Gasteiger partial charge on any atom is 0.248 e. The summed E-state index contributed by atoms with van der Waals surface area (Å²) in [4.78, 5) is 35.5. The number of carbonyl (C=O) groups excluding carboxylic acids is 3. The number of hydrogen-bond acceptors (Lipinski definition) is 3. The minimum atomic E-state index is -0.524. The molecule has 0 atom stereocenters. The predicted octanol–water partition coefficient (Wildman–Crippen LogP) is -0.189. The Bertz CT molecular complexity index is 554. The van der Waals surface area contributed by atoms with Crippen molar-refractivity contribution in [1.82, 2.24) is 5.32 Å². The Hall–Kier alpha value is -2.37. The van der Waals surface area contributed by atoms with E-state index in [0.717, 1.165) is 12.0 Å². The summed E-state index contributed by atoms with van der Waals surface area (Å²) in [5, 5.41) is 2.47. The van der Waals surface area contributed by atoms with Gasteiger partial charge in [0.05, 0.1) is 6.54 Å². The number of nitrogens with zero attached hydrogens (tertiary/aromatic N) is 1. The van der Waals surface area contributed by atoms with Gasteiger partial charge in [-0.2, -0.15) is 0 Å². The van der Waals surface area contributed by atoms with Gasteiger partial charge in [0.2, 0.25) is 17.7 Å². The van der Waals surface area contributed by atoms with Crippen LogP contribution in [0.15, 0.2) is 18.2 Å². The predicted molar refractivity (Wildman–Crippen MR) is 69.7 cm³/mol. The lowest BCUT2D eigenvalue weighted by molar-refractivity contribution is -0.123. The summed E-state index contributed by atoms with van der Waals surface area (Å²) in [6.45, 7) is 1.86. The van der Waals surface area contributed by atoms with Crippen LogP contribution in [0.1, 0.15) is 22.8 Å². The minimum absolute atomic E-state index is 0.0461. The number of nitrogens with two attached hydrogens (primary N) is 1. The van der Waals surface area contributed by atoms with Crippen LogP contribution in [0.5, 0.6) is 0 Å². The number of anilines is 1. The van der Waals surface area contributed by atoms with Gasteiger partial charge in [0, 0.05) is 24.7 Å². The molecule has 0 unspecified atom stereocenters. The molecule has 2 rings (SSSR count). The van der Waals surface area contributed by atoms with Crippen molar-refractivity contribution in [2.75, 3.05) is 18.0 Å². The number of nitrogens with one attached hydrogen (secondary N) is 1. The van der Waals surface area contributed by atoms with Crippen molar-refractivity contribution in [1.29, 1.82) is 0 Å². The van der Waals surface area contributed by atoms with Crippen LogP contribution in [-0.2, 0) is 16.0 Å². The zero-order valence-corrected chi connectivity index (χ0v) is 10.6. The molecule has 0 spiro atoms. The molecule has 1 heterocycles. The van der Waals surface area contributed by atoms with E-state index < -0.39 is 5.91 Å². The third-order valence-corrected chi connectivity index (χ3v) is 3.05. The van der Waals surface area contributed by atoms with E-state index in [-0.39, 0.29) is 18.4 Å². The van der Waals surface area contributed by atoms with E-state index in [9.17, 15) is 14.4 Å². The first kappa shape index (κ1) is 13.1. The molecule has 0 fully saturated rings. The lowest BCUT2D eigenvalue weighted by atomic mass is 10.1. The van der Waals surface area contributed by atoms with Gasteiger partial charge in [-0.15, -0.1) is 0 Å². The summed E-state index contributed by atoms with van der Waals surface area (Å²) >= 11 is 0. The molecule has 100 valence electrons. The van der Waals surface area contributed by atoms with Gasteiger partial charge in [-0.1, -0.05) is 6.07 Å². The van der Waals surface area contributed by atoms with Crippen molar-refractivity contribution in [3.05, 3.63) is 29.3 Å². The summed E-state index contributed by atoms with van der Waals surface area (Å²) in [7, 11) is 0. The topological polar surface area (TPSA) is 92.5 Å². The molecule has 0 aromatic heterocycles. The summed E-state index contributed by atoms with van der Waals surface area (Å²) in [6, 6.07) is 5.08. The van der Waals surface area contributed by atoms with Crippen molar-refractivity contribution in [3.8, 4) is 0 Å². The third kappa shape index (κ3) is 2.73. The van der Waals surface area contributed by atoms with Crippen LogP contribution in [0.3, 0.4) is 0 Å². The van der Waals surface area contributed by atoms with Gasteiger partial charge in [-0.25, -0.2) is 0 Å². The molecular formula is C13H15N3O3. The first-order valence-corrected chi connectivity index (χ1v) is 5.96. The van der Waals surface area contributed by atoms with Crippen molar-refractivity contribution < 1.29 is 14.4 Å². The first-order chi connectivity index (χ1) is 8.99. The Morgan fingerprint density at radius 2 is 2.11 bits per heavy atom. The van der Waals surface area contributed by atoms with Gasteiger partial charge in [0.25, 0.3) is 0 Å². The molecule has 0 radical (unpaired) electrons. The Morgan fingerprint density at radius 3 is 2.74 bits per heavy atom. The van der Waals surface area contributed by atoms with Crippen LogP contribution >= 0.6 is 0 Å². The van der Waals surface area contributed by atoms with Crippen molar-refractivity contribution >= 4 is 23.4 Å². The number of rotatable bonds is 3. The van der Waals surface area contributed by atoms with Crippen molar-refractivity contribution in [2.24, 2.45) is 5.73 Å². The van der Waals surface area contributed by atoms with E-state index in [2.05, 4.69) is 5.32 Å². The second-order valence-corrected chi connectivity index (χ2v) is 4.41. The second kappa shape index (κ2) is 5.09. The molecule has 19 heavy (non-hydrogen) atoms. The second-order valence-electron chi connectivity index (χ2n) is 4.41. The zero-order chi connectivity index (χ0) is 14.0. The van der Waals surface area contributed by atoms with E-state index >= 15 is 0 Å². The molecule has 3 N–H and O–H groups in total. The van der Waals surface area contributed by atoms with Crippen LogP contribution in [0.2, 0.25) is 0 Å². The standard InChI is InChI=1S/C13H15N3O3/c1-8(17)15-7-12(18)16-5-4-9-2-3-10(13(14)19)6-11(9)16/h2-3,6H,4-5,7H2,1H3,(H2,14,19)(H,15,17). The van der Waals surface area contributed by atoms with Gasteiger partial charge in [0.1, 0.15) is 0 Å². The smallest absolute Gasteiger partial charge is 0.248 e. The zero-order valence-electron chi connectivity index (χ0n) is 10.6. The lowest BCUT2D eigenvalue weighted by Gasteiger charge is -2.17.